The van der Waals surface area contributed by atoms with Crippen LogP contribution in [0.2, 0.25) is 0 Å². The Morgan fingerprint density at radius 1 is 1.56 bits per heavy atom. The lowest BCUT2D eigenvalue weighted by molar-refractivity contribution is -0.147. The van der Waals surface area contributed by atoms with E-state index in [1.807, 2.05) is 13.8 Å². The van der Waals surface area contributed by atoms with Crippen LogP contribution in [-0.2, 0) is 11.3 Å². The molecule has 3 nitrogen and oxygen atoms in total. The van der Waals surface area contributed by atoms with Crippen molar-refractivity contribution in [3.63, 3.8) is 0 Å². The van der Waals surface area contributed by atoms with E-state index in [2.05, 4.69) is 22.4 Å². The number of aliphatic carboxylic acids is 1. The molecule has 1 aromatic heterocycles. The zero-order valence-electron chi connectivity index (χ0n) is 11.1. The molecule has 0 unspecified atom stereocenters. The van der Waals surface area contributed by atoms with Crippen LogP contribution in [0.1, 0.15) is 38.0 Å². The lowest BCUT2D eigenvalue weighted by Gasteiger charge is -2.26. The molecule has 0 spiro atoms. The van der Waals surface area contributed by atoms with Crippen LogP contribution >= 0.6 is 11.3 Å². The molecule has 1 aliphatic carbocycles. The summed E-state index contributed by atoms with van der Waals surface area (Å²) in [7, 11) is 0. The third-order valence-corrected chi connectivity index (χ3v) is 4.47. The molecule has 18 heavy (non-hydrogen) atoms. The molecule has 0 saturated heterocycles. The quantitative estimate of drug-likeness (QED) is 0.824. The second kappa shape index (κ2) is 5.41. The monoisotopic (exact) mass is 267 g/mol. The Kier molecular flexibility index (Phi) is 4.07. The average Bonchev–Trinajstić information content (AvgIpc) is 3.02. The maximum Gasteiger partial charge on any atom is 0.309 e. The van der Waals surface area contributed by atoms with Gasteiger partial charge in [0.25, 0.3) is 0 Å². The van der Waals surface area contributed by atoms with Crippen LogP contribution in [0.5, 0.6) is 0 Å². The van der Waals surface area contributed by atoms with Gasteiger partial charge in [0.05, 0.1) is 5.41 Å². The predicted octanol–water partition coefficient (Wildman–Crippen LogP) is 3.21. The summed E-state index contributed by atoms with van der Waals surface area (Å²) in [5.41, 5.74) is -0.622. The first-order valence-corrected chi connectivity index (χ1v) is 7.37. The number of rotatable bonds is 7. The Balaban J connectivity index is 1.89. The van der Waals surface area contributed by atoms with Crippen molar-refractivity contribution in [3.05, 3.63) is 22.4 Å². The highest BCUT2D eigenvalue weighted by atomic mass is 32.1. The highest BCUT2D eigenvalue weighted by molar-refractivity contribution is 7.09. The fourth-order valence-corrected chi connectivity index (χ4v) is 2.69. The molecule has 1 saturated carbocycles. The molecule has 1 aromatic rings. The van der Waals surface area contributed by atoms with E-state index < -0.39 is 11.4 Å². The molecule has 0 atom stereocenters. The maximum atomic E-state index is 11.1. The zero-order chi connectivity index (χ0) is 13.2. The zero-order valence-corrected chi connectivity index (χ0v) is 11.9. The number of carboxylic acids is 1. The van der Waals surface area contributed by atoms with Crippen molar-refractivity contribution in [3.8, 4) is 0 Å². The fourth-order valence-electron chi connectivity index (χ4n) is 1.96. The van der Waals surface area contributed by atoms with Crippen LogP contribution in [0.4, 0.5) is 0 Å². The molecule has 100 valence electrons. The molecule has 1 fully saturated rings. The number of hydrogen-bond acceptors (Lipinski definition) is 3. The van der Waals surface area contributed by atoms with Gasteiger partial charge in [0.2, 0.25) is 0 Å². The van der Waals surface area contributed by atoms with Crippen LogP contribution in [0.15, 0.2) is 17.5 Å². The molecule has 0 radical (unpaired) electrons. The highest BCUT2D eigenvalue weighted by Crippen LogP contribution is 2.31. The largest absolute Gasteiger partial charge is 0.481 e. The van der Waals surface area contributed by atoms with Crippen LogP contribution in [0.3, 0.4) is 0 Å². The van der Waals surface area contributed by atoms with Crippen molar-refractivity contribution in [1.29, 1.82) is 0 Å². The first-order chi connectivity index (χ1) is 8.49. The van der Waals surface area contributed by atoms with Crippen LogP contribution in [-0.4, -0.2) is 28.6 Å². The Labute approximate surface area is 112 Å². The van der Waals surface area contributed by atoms with E-state index in [1.165, 1.54) is 17.7 Å². The molecule has 0 aliphatic heterocycles. The number of hydrogen-bond donors (Lipinski definition) is 1. The standard InChI is InChI=1S/C14H21NO2S/c1-14(2,13(16)17)7-8-15(11-5-6-11)10-12-4-3-9-18-12/h3-4,9,11H,5-8,10H2,1-2H3,(H,16,17). The smallest absolute Gasteiger partial charge is 0.309 e. The fraction of sp³-hybridized carbons (Fsp3) is 0.643. The van der Waals surface area contributed by atoms with Crippen molar-refractivity contribution in [2.45, 2.75) is 45.7 Å². The van der Waals surface area contributed by atoms with Crippen LogP contribution in [0, 0.1) is 5.41 Å². The van der Waals surface area contributed by atoms with Gasteiger partial charge in [-0.05, 0) is 51.1 Å². The summed E-state index contributed by atoms with van der Waals surface area (Å²) < 4.78 is 0. The summed E-state index contributed by atoms with van der Waals surface area (Å²) in [6.07, 6.45) is 3.24. The molecule has 1 aliphatic rings. The third-order valence-electron chi connectivity index (χ3n) is 3.61. The first-order valence-electron chi connectivity index (χ1n) is 6.49. The molecule has 0 amide bonds. The van der Waals surface area contributed by atoms with Crippen molar-refractivity contribution >= 4 is 17.3 Å². The van der Waals surface area contributed by atoms with E-state index in [1.54, 1.807) is 11.3 Å². The molecular weight excluding hydrogens is 246 g/mol. The van der Waals surface area contributed by atoms with Gasteiger partial charge in [-0.25, -0.2) is 0 Å². The second-order valence-electron chi connectivity index (χ2n) is 5.72. The topological polar surface area (TPSA) is 40.5 Å². The van der Waals surface area contributed by atoms with Crippen molar-refractivity contribution in [2.75, 3.05) is 6.54 Å². The molecule has 1 N–H and O–H groups in total. The van der Waals surface area contributed by atoms with Gasteiger partial charge in [-0.2, -0.15) is 0 Å². The van der Waals surface area contributed by atoms with E-state index in [4.69, 9.17) is 5.11 Å². The average molecular weight is 267 g/mol. The number of carboxylic acid groups (broad SMARTS) is 1. The normalized spacial score (nSPS) is 16.2. The van der Waals surface area contributed by atoms with Gasteiger partial charge in [0.15, 0.2) is 0 Å². The molecular formula is C14H21NO2S. The van der Waals surface area contributed by atoms with Gasteiger partial charge in [-0.1, -0.05) is 6.07 Å². The molecule has 2 rings (SSSR count). The summed E-state index contributed by atoms with van der Waals surface area (Å²) in [6, 6.07) is 4.91. The number of thiophene rings is 1. The Hall–Kier alpha value is -0.870. The van der Waals surface area contributed by atoms with E-state index in [9.17, 15) is 4.79 Å². The number of carbonyl (C=O) groups is 1. The van der Waals surface area contributed by atoms with Crippen molar-refractivity contribution in [1.82, 2.24) is 4.90 Å². The van der Waals surface area contributed by atoms with E-state index >= 15 is 0 Å². The van der Waals surface area contributed by atoms with E-state index in [0.29, 0.717) is 12.5 Å². The molecule has 1 heterocycles. The summed E-state index contributed by atoms with van der Waals surface area (Å²) in [6.45, 7) is 5.47. The minimum Gasteiger partial charge on any atom is -0.481 e. The van der Waals surface area contributed by atoms with Gasteiger partial charge < -0.3 is 5.11 Å². The SMILES string of the molecule is CC(C)(CCN(Cc1cccs1)C1CC1)C(=O)O. The van der Waals surface area contributed by atoms with Crippen molar-refractivity contribution in [2.24, 2.45) is 5.41 Å². The van der Waals surface area contributed by atoms with Crippen molar-refractivity contribution < 1.29 is 9.90 Å². The number of nitrogens with zero attached hydrogens (tertiary/aromatic N) is 1. The maximum absolute atomic E-state index is 11.1. The van der Waals surface area contributed by atoms with Gasteiger partial charge in [-0.15, -0.1) is 11.3 Å². The lowest BCUT2D eigenvalue weighted by Crippen LogP contribution is -2.33. The Morgan fingerprint density at radius 2 is 2.28 bits per heavy atom. The van der Waals surface area contributed by atoms with Gasteiger partial charge in [-0.3, -0.25) is 9.69 Å². The third kappa shape index (κ3) is 3.56. The van der Waals surface area contributed by atoms with E-state index in [0.717, 1.165) is 13.1 Å². The second-order valence-corrected chi connectivity index (χ2v) is 6.75. The Bertz CT molecular complexity index is 396. The molecule has 0 bridgehead atoms. The molecule has 0 aromatic carbocycles. The van der Waals surface area contributed by atoms with Crippen LogP contribution in [0.25, 0.3) is 0 Å². The minimum absolute atomic E-state index is 0.622. The summed E-state index contributed by atoms with van der Waals surface area (Å²) >= 11 is 1.78. The Morgan fingerprint density at radius 3 is 2.78 bits per heavy atom. The molecule has 4 heteroatoms. The first kappa shape index (κ1) is 13.6. The minimum atomic E-state index is -0.700. The predicted molar refractivity (Wildman–Crippen MR) is 73.8 cm³/mol. The van der Waals surface area contributed by atoms with Crippen LogP contribution < -0.4 is 0 Å². The van der Waals surface area contributed by atoms with E-state index in [-0.39, 0.29) is 0 Å². The summed E-state index contributed by atoms with van der Waals surface area (Å²) in [4.78, 5) is 14.9. The van der Waals surface area contributed by atoms with Gasteiger partial charge in [0.1, 0.15) is 0 Å². The van der Waals surface area contributed by atoms with Gasteiger partial charge in [0, 0.05) is 17.5 Å². The highest BCUT2D eigenvalue weighted by Gasteiger charge is 2.32. The van der Waals surface area contributed by atoms with Gasteiger partial charge >= 0.3 is 5.97 Å². The summed E-state index contributed by atoms with van der Waals surface area (Å²) in [5, 5.41) is 11.2. The lowest BCUT2D eigenvalue weighted by atomic mass is 9.89. The summed E-state index contributed by atoms with van der Waals surface area (Å²) in [5.74, 6) is -0.700.